The molecule has 0 aromatic heterocycles. The van der Waals surface area contributed by atoms with E-state index in [4.69, 9.17) is 0 Å². The summed E-state index contributed by atoms with van der Waals surface area (Å²) in [4.78, 5) is 16.9. The molecule has 4 nitrogen and oxygen atoms in total. The second-order valence-corrected chi connectivity index (χ2v) is 6.04. The molecule has 2 heterocycles. The predicted molar refractivity (Wildman–Crippen MR) is 81.0 cm³/mol. The van der Waals surface area contributed by atoms with E-state index in [0.29, 0.717) is 12.6 Å². The van der Waals surface area contributed by atoms with E-state index in [0.717, 1.165) is 31.7 Å². The molecule has 2 aliphatic rings. The molecule has 3 rings (SSSR count). The molecule has 2 atom stereocenters. The van der Waals surface area contributed by atoms with Crippen LogP contribution in [0.5, 0.6) is 0 Å². The van der Waals surface area contributed by atoms with Crippen molar-refractivity contribution in [3.63, 3.8) is 0 Å². The fourth-order valence-electron chi connectivity index (χ4n) is 3.37. The van der Waals surface area contributed by atoms with E-state index in [2.05, 4.69) is 42.3 Å². The Morgan fingerprint density at radius 1 is 1.35 bits per heavy atom. The van der Waals surface area contributed by atoms with Crippen molar-refractivity contribution in [2.75, 3.05) is 31.1 Å². The number of fused-ring (bicyclic) bond motifs is 1. The van der Waals surface area contributed by atoms with E-state index in [1.165, 1.54) is 5.56 Å². The number of rotatable bonds is 2. The van der Waals surface area contributed by atoms with Gasteiger partial charge in [0.1, 0.15) is 0 Å². The molecule has 1 amide bonds. The van der Waals surface area contributed by atoms with Gasteiger partial charge in [0.05, 0.1) is 6.54 Å². The van der Waals surface area contributed by atoms with Gasteiger partial charge in [-0.2, -0.15) is 0 Å². The van der Waals surface area contributed by atoms with Crippen molar-refractivity contribution in [2.45, 2.75) is 32.4 Å². The number of carbonyl (C=O) groups excluding carboxylic acids is 1. The van der Waals surface area contributed by atoms with Gasteiger partial charge in [-0.05, 0) is 31.9 Å². The molecular formula is C16H23N3O. The largest absolute Gasteiger partial charge is 0.312 e. The van der Waals surface area contributed by atoms with Crippen LogP contribution in [0.1, 0.15) is 19.4 Å². The highest BCUT2D eigenvalue weighted by Gasteiger charge is 2.31. The first-order valence-electron chi connectivity index (χ1n) is 7.51. The van der Waals surface area contributed by atoms with Crippen molar-refractivity contribution in [2.24, 2.45) is 0 Å². The van der Waals surface area contributed by atoms with Crippen LogP contribution in [-0.2, 0) is 11.2 Å². The number of hydrogen-bond donors (Lipinski definition) is 1. The molecule has 1 aromatic carbocycles. The Bertz CT molecular complexity index is 502. The lowest BCUT2D eigenvalue weighted by atomic mass is 10.1. The number of benzene rings is 1. The maximum Gasteiger partial charge on any atom is 0.241 e. The van der Waals surface area contributed by atoms with Crippen LogP contribution >= 0.6 is 0 Å². The number of amides is 1. The maximum atomic E-state index is 12.7. The Morgan fingerprint density at radius 3 is 2.95 bits per heavy atom. The van der Waals surface area contributed by atoms with Crippen LogP contribution in [0.3, 0.4) is 0 Å². The van der Waals surface area contributed by atoms with Gasteiger partial charge in [-0.3, -0.25) is 9.69 Å². The third-order valence-electron chi connectivity index (χ3n) is 4.29. The Labute approximate surface area is 120 Å². The second kappa shape index (κ2) is 5.54. The molecule has 0 saturated carbocycles. The van der Waals surface area contributed by atoms with Gasteiger partial charge >= 0.3 is 0 Å². The van der Waals surface area contributed by atoms with Crippen molar-refractivity contribution in [1.29, 1.82) is 0 Å². The van der Waals surface area contributed by atoms with Crippen LogP contribution in [0.15, 0.2) is 24.3 Å². The number of hydrogen-bond acceptors (Lipinski definition) is 3. The zero-order valence-corrected chi connectivity index (χ0v) is 12.3. The summed E-state index contributed by atoms with van der Waals surface area (Å²) in [5.41, 5.74) is 2.40. The van der Waals surface area contributed by atoms with Gasteiger partial charge in [-0.25, -0.2) is 0 Å². The highest BCUT2D eigenvalue weighted by atomic mass is 16.2. The van der Waals surface area contributed by atoms with Gasteiger partial charge in [0.25, 0.3) is 0 Å². The SMILES string of the molecule is CC1Cc2ccccc2N1C(=O)CN1CCN[C@@H](C)C1. The van der Waals surface area contributed by atoms with Crippen molar-refractivity contribution < 1.29 is 4.79 Å². The zero-order chi connectivity index (χ0) is 14.1. The average molecular weight is 273 g/mol. The predicted octanol–water partition coefficient (Wildman–Crippen LogP) is 1.26. The fraction of sp³-hybridized carbons (Fsp3) is 0.562. The maximum absolute atomic E-state index is 12.7. The molecular weight excluding hydrogens is 250 g/mol. The van der Waals surface area contributed by atoms with Crippen LogP contribution in [-0.4, -0.2) is 49.1 Å². The van der Waals surface area contributed by atoms with Crippen molar-refractivity contribution in [3.8, 4) is 0 Å². The number of para-hydroxylation sites is 1. The minimum Gasteiger partial charge on any atom is -0.312 e. The molecule has 0 bridgehead atoms. The first-order chi connectivity index (χ1) is 9.65. The van der Waals surface area contributed by atoms with E-state index in [9.17, 15) is 4.79 Å². The number of nitrogens with zero attached hydrogens (tertiary/aromatic N) is 2. The summed E-state index contributed by atoms with van der Waals surface area (Å²) in [5, 5.41) is 3.41. The van der Waals surface area contributed by atoms with Crippen LogP contribution in [0.2, 0.25) is 0 Å². The van der Waals surface area contributed by atoms with E-state index in [1.807, 2.05) is 11.0 Å². The molecule has 1 fully saturated rings. The topological polar surface area (TPSA) is 35.6 Å². The van der Waals surface area contributed by atoms with Crippen LogP contribution < -0.4 is 10.2 Å². The number of nitrogens with one attached hydrogen (secondary N) is 1. The molecule has 4 heteroatoms. The van der Waals surface area contributed by atoms with Gasteiger partial charge < -0.3 is 10.2 Å². The van der Waals surface area contributed by atoms with E-state index in [1.54, 1.807) is 0 Å². The highest BCUT2D eigenvalue weighted by molar-refractivity contribution is 5.97. The van der Waals surface area contributed by atoms with Gasteiger partial charge in [-0.15, -0.1) is 0 Å². The molecule has 1 saturated heterocycles. The molecule has 1 aromatic rings. The summed E-state index contributed by atoms with van der Waals surface area (Å²) in [6.45, 7) is 7.73. The third kappa shape index (κ3) is 2.58. The fourth-order valence-corrected chi connectivity index (χ4v) is 3.37. The lowest BCUT2D eigenvalue weighted by molar-refractivity contribution is -0.120. The Hall–Kier alpha value is -1.39. The number of anilines is 1. The van der Waals surface area contributed by atoms with Gasteiger partial charge in [0, 0.05) is 37.4 Å². The Morgan fingerprint density at radius 2 is 2.15 bits per heavy atom. The van der Waals surface area contributed by atoms with Gasteiger partial charge in [0.2, 0.25) is 5.91 Å². The van der Waals surface area contributed by atoms with E-state index < -0.39 is 0 Å². The average Bonchev–Trinajstić information content (AvgIpc) is 2.74. The van der Waals surface area contributed by atoms with Gasteiger partial charge in [0.15, 0.2) is 0 Å². The quantitative estimate of drug-likeness (QED) is 0.881. The second-order valence-electron chi connectivity index (χ2n) is 6.04. The van der Waals surface area contributed by atoms with Crippen LogP contribution in [0, 0.1) is 0 Å². The first kappa shape index (κ1) is 13.6. The Kier molecular flexibility index (Phi) is 3.76. The first-order valence-corrected chi connectivity index (χ1v) is 7.51. The molecule has 0 radical (unpaired) electrons. The molecule has 1 N–H and O–H groups in total. The lowest BCUT2D eigenvalue weighted by Crippen LogP contribution is -2.52. The third-order valence-corrected chi connectivity index (χ3v) is 4.29. The Balaban J connectivity index is 1.71. The van der Waals surface area contributed by atoms with Crippen molar-refractivity contribution >= 4 is 11.6 Å². The normalized spacial score (nSPS) is 26.6. The summed E-state index contributed by atoms with van der Waals surface area (Å²) in [5.74, 6) is 0.233. The van der Waals surface area contributed by atoms with Crippen LogP contribution in [0.25, 0.3) is 0 Å². The standard InChI is InChI=1S/C16H23N3O/c1-12-10-18(8-7-17-12)11-16(20)19-13(2)9-14-5-3-4-6-15(14)19/h3-6,12-13,17H,7-11H2,1-2H3/t12-,13?/m0/s1. The van der Waals surface area contributed by atoms with Crippen molar-refractivity contribution in [3.05, 3.63) is 29.8 Å². The summed E-state index contributed by atoms with van der Waals surface area (Å²) in [6, 6.07) is 9.02. The molecule has 0 aliphatic carbocycles. The summed E-state index contributed by atoms with van der Waals surface area (Å²) in [7, 11) is 0. The molecule has 1 unspecified atom stereocenters. The zero-order valence-electron chi connectivity index (χ0n) is 12.3. The van der Waals surface area contributed by atoms with Gasteiger partial charge in [-0.1, -0.05) is 18.2 Å². The molecule has 20 heavy (non-hydrogen) atoms. The minimum atomic E-state index is 0.233. The molecule has 2 aliphatic heterocycles. The summed E-state index contributed by atoms with van der Waals surface area (Å²) >= 11 is 0. The summed E-state index contributed by atoms with van der Waals surface area (Å²) in [6.07, 6.45) is 0.972. The van der Waals surface area contributed by atoms with E-state index in [-0.39, 0.29) is 11.9 Å². The molecule has 0 spiro atoms. The van der Waals surface area contributed by atoms with E-state index >= 15 is 0 Å². The highest BCUT2D eigenvalue weighted by Crippen LogP contribution is 2.31. The number of carbonyl (C=O) groups is 1. The minimum absolute atomic E-state index is 0.233. The summed E-state index contributed by atoms with van der Waals surface area (Å²) < 4.78 is 0. The molecule has 108 valence electrons. The smallest absolute Gasteiger partial charge is 0.241 e. The number of piperazine rings is 1. The van der Waals surface area contributed by atoms with Crippen LogP contribution in [0.4, 0.5) is 5.69 Å². The monoisotopic (exact) mass is 273 g/mol. The lowest BCUT2D eigenvalue weighted by Gasteiger charge is -2.33. The van der Waals surface area contributed by atoms with Crippen molar-refractivity contribution in [1.82, 2.24) is 10.2 Å².